The smallest absolute Gasteiger partial charge is 0.180 e. The third kappa shape index (κ3) is 3.31. The molecule has 0 aromatic heterocycles. The van der Waals surface area contributed by atoms with Crippen LogP contribution in [0.25, 0.3) is 0 Å². The summed E-state index contributed by atoms with van der Waals surface area (Å²) >= 11 is 9.62. The van der Waals surface area contributed by atoms with Gasteiger partial charge in [-0.05, 0) is 58.6 Å². The van der Waals surface area contributed by atoms with Crippen LogP contribution < -0.4 is 10.5 Å². The van der Waals surface area contributed by atoms with Gasteiger partial charge in [0.1, 0.15) is 10.7 Å². The van der Waals surface area contributed by atoms with Crippen molar-refractivity contribution in [3.8, 4) is 11.5 Å². The monoisotopic (exact) mass is 371 g/mol. The first-order chi connectivity index (χ1) is 9.52. The summed E-state index contributed by atoms with van der Waals surface area (Å²) in [7, 11) is 0. The second-order valence-corrected chi connectivity index (χ2v) is 5.99. The SMILES string of the molecule is CSc1ccc(Oc2ccc(C(N)=S)c(Br)c2F)cc1. The number of thiocarbonyl (C=S) groups is 1. The van der Waals surface area contributed by atoms with Crippen molar-refractivity contribution in [3.05, 3.63) is 52.3 Å². The standard InChI is InChI=1S/C14H11BrFNOS2/c1-20-9-4-2-8(3-5-9)18-11-7-6-10(14(17)19)12(15)13(11)16/h2-7H,1H3,(H2,17,19). The van der Waals surface area contributed by atoms with E-state index >= 15 is 0 Å². The van der Waals surface area contributed by atoms with Gasteiger partial charge in [0.2, 0.25) is 0 Å². The molecular formula is C14H11BrFNOS2. The van der Waals surface area contributed by atoms with Gasteiger partial charge in [-0.1, -0.05) is 12.2 Å². The molecule has 0 fully saturated rings. The summed E-state index contributed by atoms with van der Waals surface area (Å²) in [4.78, 5) is 1.24. The van der Waals surface area contributed by atoms with Gasteiger partial charge in [0.15, 0.2) is 11.6 Å². The van der Waals surface area contributed by atoms with Gasteiger partial charge in [0, 0.05) is 10.5 Å². The van der Waals surface area contributed by atoms with Gasteiger partial charge in [-0.2, -0.15) is 0 Å². The number of halogens is 2. The molecule has 20 heavy (non-hydrogen) atoms. The van der Waals surface area contributed by atoms with Crippen molar-refractivity contribution in [3.63, 3.8) is 0 Å². The van der Waals surface area contributed by atoms with Crippen LogP contribution in [0.2, 0.25) is 0 Å². The van der Waals surface area contributed by atoms with Gasteiger partial charge in [-0.15, -0.1) is 11.8 Å². The minimum atomic E-state index is -0.524. The van der Waals surface area contributed by atoms with E-state index in [-0.39, 0.29) is 15.2 Å². The lowest BCUT2D eigenvalue weighted by Gasteiger charge is -2.10. The number of rotatable bonds is 4. The fourth-order valence-corrected chi connectivity index (χ4v) is 2.82. The molecule has 0 radical (unpaired) electrons. The number of thioether (sulfide) groups is 1. The van der Waals surface area contributed by atoms with Crippen LogP contribution >= 0.6 is 39.9 Å². The van der Waals surface area contributed by atoms with Crippen molar-refractivity contribution >= 4 is 44.9 Å². The first-order valence-electron chi connectivity index (χ1n) is 5.62. The molecule has 0 spiro atoms. The van der Waals surface area contributed by atoms with E-state index in [1.807, 2.05) is 18.4 Å². The topological polar surface area (TPSA) is 35.2 Å². The van der Waals surface area contributed by atoms with Crippen molar-refractivity contribution < 1.29 is 9.13 Å². The quantitative estimate of drug-likeness (QED) is 0.621. The van der Waals surface area contributed by atoms with Crippen molar-refractivity contribution in [2.24, 2.45) is 5.73 Å². The summed E-state index contributed by atoms with van der Waals surface area (Å²) in [5, 5.41) is 0. The maximum Gasteiger partial charge on any atom is 0.180 e. The third-order valence-corrected chi connectivity index (χ3v) is 4.34. The lowest BCUT2D eigenvalue weighted by atomic mass is 10.2. The molecule has 0 heterocycles. The lowest BCUT2D eigenvalue weighted by molar-refractivity contribution is 0.440. The highest BCUT2D eigenvalue weighted by atomic mass is 79.9. The number of hydrogen-bond donors (Lipinski definition) is 1. The van der Waals surface area contributed by atoms with E-state index in [0.29, 0.717) is 11.3 Å². The summed E-state index contributed by atoms with van der Waals surface area (Å²) in [6.45, 7) is 0. The lowest BCUT2D eigenvalue weighted by Crippen LogP contribution is -2.11. The average Bonchev–Trinajstić information content (AvgIpc) is 2.44. The molecule has 0 atom stereocenters. The van der Waals surface area contributed by atoms with Gasteiger partial charge < -0.3 is 10.5 Å². The predicted molar refractivity (Wildman–Crippen MR) is 88.3 cm³/mol. The fourth-order valence-electron chi connectivity index (χ4n) is 1.57. The third-order valence-electron chi connectivity index (χ3n) is 2.60. The molecule has 2 N–H and O–H groups in total. The van der Waals surface area contributed by atoms with Gasteiger partial charge in [-0.3, -0.25) is 0 Å². The summed E-state index contributed by atoms with van der Waals surface area (Å²) in [5.41, 5.74) is 5.96. The van der Waals surface area contributed by atoms with E-state index < -0.39 is 5.82 Å². The Morgan fingerprint density at radius 3 is 2.45 bits per heavy atom. The molecule has 2 rings (SSSR count). The molecule has 0 unspecified atom stereocenters. The van der Waals surface area contributed by atoms with Crippen molar-refractivity contribution in [2.75, 3.05) is 6.26 Å². The van der Waals surface area contributed by atoms with Crippen LogP contribution in [0.5, 0.6) is 11.5 Å². The van der Waals surface area contributed by atoms with E-state index in [2.05, 4.69) is 15.9 Å². The van der Waals surface area contributed by atoms with Crippen LogP contribution in [0, 0.1) is 5.82 Å². The van der Waals surface area contributed by atoms with E-state index in [1.54, 1.807) is 30.0 Å². The van der Waals surface area contributed by atoms with Crippen LogP contribution in [0.1, 0.15) is 5.56 Å². The van der Waals surface area contributed by atoms with Gasteiger partial charge >= 0.3 is 0 Å². The second-order valence-electron chi connectivity index (χ2n) is 3.88. The summed E-state index contributed by atoms with van der Waals surface area (Å²) in [6, 6.07) is 10.5. The Morgan fingerprint density at radius 2 is 1.90 bits per heavy atom. The van der Waals surface area contributed by atoms with E-state index in [1.165, 1.54) is 6.07 Å². The van der Waals surface area contributed by atoms with Crippen LogP contribution in [0.15, 0.2) is 45.8 Å². The summed E-state index contributed by atoms with van der Waals surface area (Å²) in [5.74, 6) is 0.162. The second kappa shape index (κ2) is 6.56. The van der Waals surface area contributed by atoms with Crippen LogP contribution in [-0.2, 0) is 0 Å². The summed E-state index contributed by atoms with van der Waals surface area (Å²) in [6.07, 6.45) is 1.99. The van der Waals surface area contributed by atoms with E-state index in [4.69, 9.17) is 22.7 Å². The predicted octanol–water partition coefficient (Wildman–Crippen LogP) is 4.74. The van der Waals surface area contributed by atoms with Crippen molar-refractivity contribution in [2.45, 2.75) is 4.90 Å². The minimum absolute atomic E-state index is 0.119. The first-order valence-corrected chi connectivity index (χ1v) is 8.05. The molecular weight excluding hydrogens is 361 g/mol. The van der Waals surface area contributed by atoms with Gasteiger partial charge in [-0.25, -0.2) is 4.39 Å². The molecule has 0 saturated carbocycles. The molecule has 0 aliphatic carbocycles. The molecule has 0 aliphatic heterocycles. The molecule has 104 valence electrons. The molecule has 0 aliphatic rings. The van der Waals surface area contributed by atoms with Crippen LogP contribution in [0.4, 0.5) is 4.39 Å². The first kappa shape index (κ1) is 15.3. The number of nitrogens with two attached hydrogens (primary N) is 1. The number of ether oxygens (including phenoxy) is 1. The Labute approximate surface area is 134 Å². The zero-order chi connectivity index (χ0) is 14.7. The molecule has 2 aromatic carbocycles. The van der Waals surface area contributed by atoms with Crippen molar-refractivity contribution in [1.29, 1.82) is 0 Å². The maximum atomic E-state index is 14.2. The fraction of sp³-hybridized carbons (Fsp3) is 0.0714. The van der Waals surface area contributed by atoms with E-state index in [9.17, 15) is 4.39 Å². The number of benzene rings is 2. The molecule has 6 heteroatoms. The van der Waals surface area contributed by atoms with Gasteiger partial charge in [0.05, 0.1) is 4.47 Å². The maximum absolute atomic E-state index is 14.2. The Bertz CT molecular complexity index is 646. The molecule has 2 aromatic rings. The molecule has 0 saturated heterocycles. The Kier molecular flexibility index (Phi) is 5.01. The normalized spacial score (nSPS) is 10.3. The zero-order valence-electron chi connectivity index (χ0n) is 10.5. The van der Waals surface area contributed by atoms with Crippen molar-refractivity contribution in [1.82, 2.24) is 0 Å². The van der Waals surface area contributed by atoms with E-state index in [0.717, 1.165) is 4.90 Å². The largest absolute Gasteiger partial charge is 0.454 e. The van der Waals surface area contributed by atoms with Gasteiger partial charge in [0.25, 0.3) is 0 Å². The Hall–Kier alpha value is -1.11. The summed E-state index contributed by atoms with van der Waals surface area (Å²) < 4.78 is 19.9. The minimum Gasteiger partial charge on any atom is -0.454 e. The zero-order valence-corrected chi connectivity index (χ0v) is 13.7. The highest BCUT2D eigenvalue weighted by molar-refractivity contribution is 9.10. The Morgan fingerprint density at radius 1 is 1.25 bits per heavy atom. The highest BCUT2D eigenvalue weighted by Gasteiger charge is 2.14. The Balaban J connectivity index is 2.29. The van der Waals surface area contributed by atoms with Crippen LogP contribution in [-0.4, -0.2) is 11.2 Å². The molecule has 0 amide bonds. The number of hydrogen-bond acceptors (Lipinski definition) is 3. The average molecular weight is 372 g/mol. The van der Waals surface area contributed by atoms with Crippen LogP contribution in [0.3, 0.4) is 0 Å². The molecule has 0 bridgehead atoms. The highest BCUT2D eigenvalue weighted by Crippen LogP contribution is 2.32. The molecule has 2 nitrogen and oxygen atoms in total.